The van der Waals surface area contributed by atoms with Gasteiger partial charge in [0.2, 0.25) is 5.78 Å². The topological polar surface area (TPSA) is 65.5 Å². The zero-order valence-electron chi connectivity index (χ0n) is 16.3. The third-order valence-corrected chi connectivity index (χ3v) is 5.16. The van der Waals surface area contributed by atoms with Crippen LogP contribution in [-0.2, 0) is 9.53 Å². The summed E-state index contributed by atoms with van der Waals surface area (Å²) >= 11 is 1.23. The minimum atomic E-state index is -2.94. The third-order valence-electron chi connectivity index (χ3n) is 4.28. The fraction of sp³-hybridized carbons (Fsp3) is 0.227. The van der Waals surface area contributed by atoms with Crippen LogP contribution in [0.2, 0.25) is 0 Å². The van der Waals surface area contributed by atoms with Crippen LogP contribution in [0, 0.1) is 6.92 Å². The summed E-state index contributed by atoms with van der Waals surface area (Å²) in [5.41, 5.74) is 2.13. The molecule has 1 heterocycles. The monoisotopic (exact) mass is 431 g/mol. The molecule has 0 aliphatic carbocycles. The van der Waals surface area contributed by atoms with E-state index in [4.69, 9.17) is 4.74 Å². The summed E-state index contributed by atoms with van der Waals surface area (Å²) < 4.78 is 33.8. The van der Waals surface area contributed by atoms with Crippen LogP contribution >= 0.6 is 11.8 Å². The van der Waals surface area contributed by atoms with Gasteiger partial charge in [0.15, 0.2) is 6.10 Å². The number of para-hydroxylation sites is 1. The second-order valence-electron chi connectivity index (χ2n) is 6.48. The van der Waals surface area contributed by atoms with Crippen LogP contribution in [0.25, 0.3) is 10.9 Å². The predicted molar refractivity (Wildman–Crippen MR) is 110 cm³/mol. The Kier molecular flexibility index (Phi) is 6.99. The Hall–Kier alpha value is -3.00. The number of carbonyl (C=O) groups excluding carboxylic acids is 2. The number of hydrogen-bond donors (Lipinski definition) is 0. The average molecular weight is 431 g/mol. The van der Waals surface area contributed by atoms with E-state index in [0.717, 1.165) is 16.5 Å². The van der Waals surface area contributed by atoms with Gasteiger partial charge >= 0.3 is 12.6 Å². The van der Waals surface area contributed by atoms with Crippen molar-refractivity contribution in [3.8, 4) is 5.75 Å². The van der Waals surface area contributed by atoms with Gasteiger partial charge in [0.05, 0.1) is 16.3 Å². The summed E-state index contributed by atoms with van der Waals surface area (Å²) in [6, 6.07) is 14.9. The Morgan fingerprint density at radius 1 is 1.10 bits per heavy atom. The third kappa shape index (κ3) is 5.54. The first-order valence-electron chi connectivity index (χ1n) is 9.11. The van der Waals surface area contributed by atoms with Gasteiger partial charge in [-0.3, -0.25) is 9.59 Å². The highest BCUT2D eigenvalue weighted by atomic mass is 32.2. The number of aryl methyl sites for hydroxylation is 1. The number of benzene rings is 2. The van der Waals surface area contributed by atoms with E-state index >= 15 is 0 Å². The molecule has 0 aliphatic rings. The first-order valence-corrected chi connectivity index (χ1v) is 10.1. The lowest BCUT2D eigenvalue weighted by Crippen LogP contribution is -2.25. The van der Waals surface area contributed by atoms with Crippen molar-refractivity contribution in [3.63, 3.8) is 0 Å². The fourth-order valence-corrected chi connectivity index (χ4v) is 3.60. The Morgan fingerprint density at radius 2 is 1.80 bits per heavy atom. The average Bonchev–Trinajstić information content (AvgIpc) is 2.72. The number of thioether (sulfide) groups is 1. The van der Waals surface area contributed by atoms with Gasteiger partial charge in [0.1, 0.15) is 5.75 Å². The molecule has 2 aromatic carbocycles. The minimum absolute atomic E-state index is 0.00354. The van der Waals surface area contributed by atoms with Gasteiger partial charge in [-0.05, 0) is 55.8 Å². The number of fused-ring (bicyclic) bond motifs is 1. The van der Waals surface area contributed by atoms with Crippen LogP contribution in [0.15, 0.2) is 59.6 Å². The van der Waals surface area contributed by atoms with E-state index < -0.39 is 24.5 Å². The van der Waals surface area contributed by atoms with E-state index in [-0.39, 0.29) is 17.1 Å². The maximum atomic E-state index is 12.4. The SMILES string of the molecule is Cc1cc(SCC(=O)O[C@H](C)C(=O)c2ccc(OC(F)F)cc2)nc2ccccc12. The number of hydrogen-bond acceptors (Lipinski definition) is 6. The van der Waals surface area contributed by atoms with Crippen molar-refractivity contribution in [2.75, 3.05) is 5.75 Å². The van der Waals surface area contributed by atoms with Gasteiger partial charge in [0.25, 0.3) is 0 Å². The second-order valence-corrected chi connectivity index (χ2v) is 7.48. The highest BCUT2D eigenvalue weighted by molar-refractivity contribution is 7.99. The van der Waals surface area contributed by atoms with Gasteiger partial charge < -0.3 is 9.47 Å². The number of ether oxygens (including phenoxy) is 2. The van der Waals surface area contributed by atoms with E-state index in [2.05, 4.69) is 9.72 Å². The maximum Gasteiger partial charge on any atom is 0.387 e. The quantitative estimate of drug-likeness (QED) is 0.282. The molecule has 30 heavy (non-hydrogen) atoms. The number of pyridine rings is 1. The summed E-state index contributed by atoms with van der Waals surface area (Å²) in [4.78, 5) is 29.1. The second kappa shape index (κ2) is 9.67. The molecule has 0 aliphatic heterocycles. The summed E-state index contributed by atoms with van der Waals surface area (Å²) in [5, 5.41) is 1.74. The molecule has 1 atom stereocenters. The van der Waals surface area contributed by atoms with Gasteiger partial charge in [-0.2, -0.15) is 8.78 Å². The lowest BCUT2D eigenvalue weighted by Gasteiger charge is -2.13. The van der Waals surface area contributed by atoms with E-state index in [1.165, 1.54) is 43.0 Å². The minimum Gasteiger partial charge on any atom is -0.454 e. The van der Waals surface area contributed by atoms with Crippen molar-refractivity contribution in [2.24, 2.45) is 0 Å². The first-order chi connectivity index (χ1) is 14.3. The van der Waals surface area contributed by atoms with E-state index in [1.54, 1.807) is 0 Å². The first kappa shape index (κ1) is 21.7. The highest BCUT2D eigenvalue weighted by Gasteiger charge is 2.20. The summed E-state index contributed by atoms with van der Waals surface area (Å²) in [5.74, 6) is -1.03. The van der Waals surface area contributed by atoms with Crippen molar-refractivity contribution in [2.45, 2.75) is 31.6 Å². The van der Waals surface area contributed by atoms with Crippen molar-refractivity contribution in [3.05, 3.63) is 65.7 Å². The standard InChI is InChI=1S/C22H19F2NO4S/c1-13-11-19(25-18-6-4-3-5-17(13)18)30-12-20(26)28-14(2)21(27)15-7-9-16(10-8-15)29-22(23)24/h3-11,14,22H,12H2,1-2H3/t14-/m1/s1. The summed E-state index contributed by atoms with van der Waals surface area (Å²) in [7, 11) is 0. The van der Waals surface area contributed by atoms with E-state index in [0.29, 0.717) is 5.03 Å². The molecule has 0 spiro atoms. The predicted octanol–water partition coefficient (Wildman–Crippen LogP) is 5.05. The van der Waals surface area contributed by atoms with Gasteiger partial charge in [-0.25, -0.2) is 4.98 Å². The molecule has 3 aromatic rings. The molecule has 156 valence electrons. The number of aromatic nitrogens is 1. The number of esters is 1. The van der Waals surface area contributed by atoms with Crippen molar-refractivity contribution in [1.82, 2.24) is 4.98 Å². The Labute approximate surface area is 176 Å². The smallest absolute Gasteiger partial charge is 0.387 e. The van der Waals surface area contributed by atoms with Crippen LogP contribution in [-0.4, -0.2) is 35.2 Å². The molecule has 3 rings (SSSR count). The molecule has 5 nitrogen and oxygen atoms in total. The molecule has 0 radical (unpaired) electrons. The number of Topliss-reactive ketones (excluding diaryl/α,β-unsaturated/α-hetero) is 1. The molecular weight excluding hydrogens is 412 g/mol. The number of alkyl halides is 2. The van der Waals surface area contributed by atoms with E-state index in [9.17, 15) is 18.4 Å². The van der Waals surface area contributed by atoms with Crippen LogP contribution in [0.5, 0.6) is 5.75 Å². The van der Waals surface area contributed by atoms with Crippen LogP contribution in [0.3, 0.4) is 0 Å². The van der Waals surface area contributed by atoms with Crippen LogP contribution in [0.4, 0.5) is 8.78 Å². The molecule has 8 heteroatoms. The van der Waals surface area contributed by atoms with Gasteiger partial charge in [-0.1, -0.05) is 30.0 Å². The number of halogens is 2. The lowest BCUT2D eigenvalue weighted by molar-refractivity contribution is -0.143. The van der Waals surface area contributed by atoms with Gasteiger partial charge in [-0.15, -0.1) is 0 Å². The normalized spacial score (nSPS) is 12.0. The number of rotatable bonds is 8. The summed E-state index contributed by atoms with van der Waals surface area (Å²) in [6.45, 7) is 0.502. The molecule has 0 saturated heterocycles. The Morgan fingerprint density at radius 3 is 2.50 bits per heavy atom. The van der Waals surface area contributed by atoms with Crippen molar-refractivity contribution in [1.29, 1.82) is 0 Å². The van der Waals surface area contributed by atoms with E-state index in [1.807, 2.05) is 37.3 Å². The van der Waals surface area contributed by atoms with Crippen LogP contribution in [0.1, 0.15) is 22.8 Å². The number of nitrogens with zero attached hydrogens (tertiary/aromatic N) is 1. The van der Waals surface area contributed by atoms with Gasteiger partial charge in [0, 0.05) is 10.9 Å². The highest BCUT2D eigenvalue weighted by Crippen LogP contribution is 2.24. The largest absolute Gasteiger partial charge is 0.454 e. The molecule has 0 bridgehead atoms. The van der Waals surface area contributed by atoms with Crippen molar-refractivity contribution >= 4 is 34.4 Å². The van der Waals surface area contributed by atoms with Crippen LogP contribution < -0.4 is 4.74 Å². The molecule has 0 unspecified atom stereocenters. The molecule has 0 saturated carbocycles. The zero-order valence-corrected chi connectivity index (χ0v) is 17.1. The number of carbonyl (C=O) groups is 2. The lowest BCUT2D eigenvalue weighted by atomic mass is 10.1. The molecule has 1 aromatic heterocycles. The zero-order chi connectivity index (χ0) is 21.7. The Bertz CT molecular complexity index is 1060. The maximum absolute atomic E-state index is 12.4. The number of ketones is 1. The summed E-state index contributed by atoms with van der Waals surface area (Å²) in [6.07, 6.45) is -1.01. The molecule has 0 amide bonds. The fourth-order valence-electron chi connectivity index (χ4n) is 2.85. The molecule has 0 fully saturated rings. The Balaban J connectivity index is 1.56. The molecule has 0 N–H and O–H groups in total. The van der Waals surface area contributed by atoms with Crippen molar-refractivity contribution < 1.29 is 27.8 Å². The molecular formula is C22H19F2NO4S.